The molecule has 0 spiro atoms. The number of hydrogen-bond donors (Lipinski definition) is 1. The first kappa shape index (κ1) is 17.4. The fraction of sp³-hybridized carbons (Fsp3) is 0.294. The van der Waals surface area contributed by atoms with Gasteiger partial charge in [0.1, 0.15) is 12.4 Å². The summed E-state index contributed by atoms with van der Waals surface area (Å²) < 4.78 is 5.76. The van der Waals surface area contributed by atoms with Gasteiger partial charge in [0.05, 0.1) is 0 Å². The highest BCUT2D eigenvalue weighted by Crippen LogP contribution is 2.23. The van der Waals surface area contributed by atoms with E-state index < -0.39 is 0 Å². The number of nitrogens with one attached hydrogen (secondary N) is 1. The zero-order valence-electron chi connectivity index (χ0n) is 12.0. The van der Waals surface area contributed by atoms with Gasteiger partial charge in [-0.2, -0.15) is 0 Å². The Hall–Kier alpha value is -0.930. The van der Waals surface area contributed by atoms with Crippen LogP contribution in [0.5, 0.6) is 5.75 Å². The van der Waals surface area contributed by atoms with Crippen molar-refractivity contribution in [2.24, 2.45) is 0 Å². The van der Waals surface area contributed by atoms with Crippen molar-refractivity contribution >= 4 is 35.6 Å². The van der Waals surface area contributed by atoms with E-state index in [4.69, 9.17) is 27.9 Å². The molecule has 0 unspecified atom stereocenters. The quantitative estimate of drug-likeness (QED) is 0.762. The Morgan fingerprint density at radius 1 is 1.05 bits per heavy atom. The summed E-state index contributed by atoms with van der Waals surface area (Å²) in [7, 11) is 0. The van der Waals surface area contributed by atoms with Gasteiger partial charge in [0, 0.05) is 28.2 Å². The summed E-state index contributed by atoms with van der Waals surface area (Å²) in [5.74, 6) is 0.844. The Balaban J connectivity index is 0.00000176. The first-order valence-corrected chi connectivity index (χ1v) is 7.85. The normalized spacial score (nSPS) is 13.5. The molecule has 2 aromatic carbocycles. The van der Waals surface area contributed by atoms with Gasteiger partial charge in [-0.25, -0.2) is 0 Å². The molecule has 0 heterocycles. The van der Waals surface area contributed by atoms with Crippen molar-refractivity contribution in [2.75, 3.05) is 0 Å². The smallest absolute Gasteiger partial charge is 0.119 e. The first-order chi connectivity index (χ1) is 10.2. The van der Waals surface area contributed by atoms with Crippen LogP contribution in [-0.2, 0) is 13.2 Å². The monoisotopic (exact) mass is 357 g/mol. The standard InChI is InChI=1S/C17H17Cl2NO.ClH/c18-14-4-3-13(17(19)9-14)11-21-16-7-1-12(2-8-16)10-20-15-5-6-15;/h1-4,7-9,15,20H,5-6,10-11H2;1H. The van der Waals surface area contributed by atoms with Crippen molar-refractivity contribution in [3.63, 3.8) is 0 Å². The van der Waals surface area contributed by atoms with Crippen molar-refractivity contribution in [1.29, 1.82) is 0 Å². The second-order valence-corrected chi connectivity index (χ2v) is 6.17. The highest BCUT2D eigenvalue weighted by Gasteiger charge is 2.19. The second-order valence-electron chi connectivity index (χ2n) is 5.32. The van der Waals surface area contributed by atoms with Crippen LogP contribution in [0.15, 0.2) is 42.5 Å². The van der Waals surface area contributed by atoms with Gasteiger partial charge >= 0.3 is 0 Å². The van der Waals surface area contributed by atoms with E-state index >= 15 is 0 Å². The van der Waals surface area contributed by atoms with E-state index in [0.29, 0.717) is 16.7 Å². The Morgan fingerprint density at radius 3 is 2.41 bits per heavy atom. The first-order valence-electron chi connectivity index (χ1n) is 7.10. The summed E-state index contributed by atoms with van der Waals surface area (Å²) in [4.78, 5) is 0. The van der Waals surface area contributed by atoms with Gasteiger partial charge in [0.2, 0.25) is 0 Å². The third-order valence-electron chi connectivity index (χ3n) is 3.51. The number of rotatable bonds is 6. The van der Waals surface area contributed by atoms with Gasteiger partial charge < -0.3 is 10.1 Å². The van der Waals surface area contributed by atoms with E-state index in [1.54, 1.807) is 6.07 Å². The average Bonchev–Trinajstić information content (AvgIpc) is 3.30. The van der Waals surface area contributed by atoms with E-state index in [1.807, 2.05) is 24.3 Å². The maximum absolute atomic E-state index is 6.13. The van der Waals surface area contributed by atoms with Gasteiger partial charge in [-0.3, -0.25) is 0 Å². The lowest BCUT2D eigenvalue weighted by molar-refractivity contribution is 0.306. The van der Waals surface area contributed by atoms with Crippen molar-refractivity contribution in [1.82, 2.24) is 5.32 Å². The zero-order chi connectivity index (χ0) is 14.7. The van der Waals surface area contributed by atoms with Crippen LogP contribution in [0.1, 0.15) is 24.0 Å². The van der Waals surface area contributed by atoms with Crippen LogP contribution in [0.2, 0.25) is 10.0 Å². The van der Waals surface area contributed by atoms with E-state index in [2.05, 4.69) is 17.4 Å². The molecule has 0 saturated heterocycles. The Morgan fingerprint density at radius 2 is 1.77 bits per heavy atom. The Kier molecular flexibility index (Phi) is 6.39. The van der Waals surface area contributed by atoms with Gasteiger partial charge in [0.15, 0.2) is 0 Å². The lowest BCUT2D eigenvalue weighted by Gasteiger charge is -2.09. The predicted octanol–water partition coefficient (Wildman–Crippen LogP) is 5.25. The molecule has 0 aromatic heterocycles. The SMILES string of the molecule is Cl.Clc1ccc(COc2ccc(CNC3CC3)cc2)c(Cl)c1. The minimum absolute atomic E-state index is 0. The number of hydrogen-bond acceptors (Lipinski definition) is 2. The largest absolute Gasteiger partial charge is 0.489 e. The molecule has 1 aliphatic carbocycles. The van der Waals surface area contributed by atoms with Crippen LogP contribution in [0.25, 0.3) is 0 Å². The summed E-state index contributed by atoms with van der Waals surface area (Å²) >= 11 is 12.0. The van der Waals surface area contributed by atoms with Crippen LogP contribution >= 0.6 is 35.6 Å². The van der Waals surface area contributed by atoms with Crippen molar-refractivity contribution in [3.05, 3.63) is 63.6 Å². The molecule has 3 rings (SSSR count). The fourth-order valence-electron chi connectivity index (χ4n) is 2.05. The van der Waals surface area contributed by atoms with E-state index in [-0.39, 0.29) is 12.4 Å². The summed E-state index contributed by atoms with van der Waals surface area (Å²) in [5, 5.41) is 4.76. The van der Waals surface area contributed by atoms with Gasteiger partial charge in [0.25, 0.3) is 0 Å². The third-order valence-corrected chi connectivity index (χ3v) is 4.09. The highest BCUT2D eigenvalue weighted by atomic mass is 35.5. The van der Waals surface area contributed by atoms with Crippen LogP contribution in [0.4, 0.5) is 0 Å². The molecule has 22 heavy (non-hydrogen) atoms. The molecule has 1 N–H and O–H groups in total. The van der Waals surface area contributed by atoms with Crippen LogP contribution < -0.4 is 10.1 Å². The lowest BCUT2D eigenvalue weighted by Crippen LogP contribution is -2.15. The van der Waals surface area contributed by atoms with Crippen LogP contribution in [0.3, 0.4) is 0 Å². The summed E-state index contributed by atoms with van der Waals surface area (Å²) in [6.45, 7) is 1.36. The lowest BCUT2D eigenvalue weighted by atomic mass is 10.2. The number of ether oxygens (including phenoxy) is 1. The Labute approximate surface area is 147 Å². The molecule has 1 saturated carbocycles. The molecule has 0 amide bonds. The maximum Gasteiger partial charge on any atom is 0.119 e. The number of benzene rings is 2. The van der Waals surface area contributed by atoms with E-state index in [9.17, 15) is 0 Å². The molecular weight excluding hydrogens is 341 g/mol. The minimum Gasteiger partial charge on any atom is -0.489 e. The van der Waals surface area contributed by atoms with Crippen LogP contribution in [-0.4, -0.2) is 6.04 Å². The van der Waals surface area contributed by atoms with Crippen LogP contribution in [0, 0.1) is 0 Å². The zero-order valence-corrected chi connectivity index (χ0v) is 14.3. The Bertz CT molecular complexity index is 612. The molecule has 0 atom stereocenters. The predicted molar refractivity (Wildman–Crippen MR) is 94.3 cm³/mol. The minimum atomic E-state index is 0. The molecule has 2 aromatic rings. The molecule has 0 bridgehead atoms. The van der Waals surface area contributed by atoms with Gasteiger partial charge in [-0.05, 0) is 42.7 Å². The molecule has 1 aliphatic rings. The third kappa shape index (κ3) is 5.06. The molecule has 0 aliphatic heterocycles. The molecule has 0 radical (unpaired) electrons. The average molecular weight is 359 g/mol. The van der Waals surface area contributed by atoms with Crippen molar-refractivity contribution in [2.45, 2.75) is 32.0 Å². The molecule has 5 heteroatoms. The molecule has 2 nitrogen and oxygen atoms in total. The molecule has 118 valence electrons. The van der Waals surface area contributed by atoms with E-state index in [1.165, 1.54) is 18.4 Å². The van der Waals surface area contributed by atoms with Crippen molar-refractivity contribution in [3.8, 4) is 5.75 Å². The summed E-state index contributed by atoms with van der Waals surface area (Å²) in [6, 6.07) is 14.3. The number of halogens is 3. The highest BCUT2D eigenvalue weighted by molar-refractivity contribution is 6.35. The van der Waals surface area contributed by atoms with Crippen molar-refractivity contribution < 1.29 is 4.74 Å². The van der Waals surface area contributed by atoms with Gasteiger partial charge in [-0.15, -0.1) is 12.4 Å². The molecule has 1 fully saturated rings. The topological polar surface area (TPSA) is 21.3 Å². The second kappa shape index (κ2) is 8.07. The summed E-state index contributed by atoms with van der Waals surface area (Å²) in [5.41, 5.74) is 2.21. The fourth-order valence-corrected chi connectivity index (χ4v) is 2.52. The van der Waals surface area contributed by atoms with Gasteiger partial charge in [-0.1, -0.05) is 41.4 Å². The molecular formula is C17H18Cl3NO. The summed E-state index contributed by atoms with van der Waals surface area (Å²) in [6.07, 6.45) is 2.62. The maximum atomic E-state index is 6.13. The van der Waals surface area contributed by atoms with E-state index in [0.717, 1.165) is 23.9 Å².